The molecule has 1 heterocycles. The predicted octanol–water partition coefficient (Wildman–Crippen LogP) is 4.03. The average Bonchev–Trinajstić information content (AvgIpc) is 2.83. The van der Waals surface area contributed by atoms with E-state index in [-0.39, 0.29) is 12.2 Å². The minimum atomic E-state index is -0.586. The van der Waals surface area contributed by atoms with Gasteiger partial charge in [0.05, 0.1) is 10.7 Å². The van der Waals surface area contributed by atoms with Crippen LogP contribution in [0.15, 0.2) is 29.6 Å². The van der Waals surface area contributed by atoms with E-state index in [1.807, 2.05) is 18.4 Å². The Kier molecular flexibility index (Phi) is 4.76. The molecule has 0 aliphatic heterocycles. The van der Waals surface area contributed by atoms with Crippen molar-refractivity contribution in [2.24, 2.45) is 0 Å². The van der Waals surface area contributed by atoms with Crippen molar-refractivity contribution < 1.29 is 14.3 Å². The van der Waals surface area contributed by atoms with Crippen LogP contribution in [0.25, 0.3) is 11.3 Å². The lowest BCUT2D eigenvalue weighted by atomic mass is 10.0. The molecule has 1 aromatic heterocycles. The molecular formula is C17H19NO3S. The van der Waals surface area contributed by atoms with E-state index < -0.39 is 11.6 Å². The third-order valence-corrected chi connectivity index (χ3v) is 3.60. The number of thiazole rings is 1. The lowest BCUT2D eigenvalue weighted by Gasteiger charge is -2.19. The zero-order chi connectivity index (χ0) is 16.3. The van der Waals surface area contributed by atoms with Crippen LogP contribution in [0.4, 0.5) is 0 Å². The normalized spacial score (nSPS) is 11.3. The molecule has 0 N–H and O–H groups in total. The molecule has 5 heteroatoms. The van der Waals surface area contributed by atoms with Crippen molar-refractivity contribution in [2.75, 3.05) is 0 Å². The fourth-order valence-electron chi connectivity index (χ4n) is 1.96. The number of ether oxygens (including phenoxy) is 1. The lowest BCUT2D eigenvalue weighted by molar-refractivity contribution is -0.153. The number of benzene rings is 1. The second-order valence-electron chi connectivity index (χ2n) is 6.02. The molecule has 0 aliphatic rings. The van der Waals surface area contributed by atoms with E-state index in [1.54, 1.807) is 50.3 Å². The Balaban J connectivity index is 2.12. The second-order valence-corrected chi connectivity index (χ2v) is 7.08. The summed E-state index contributed by atoms with van der Waals surface area (Å²) in [6.45, 7) is 7.27. The Morgan fingerprint density at radius 3 is 2.59 bits per heavy atom. The minimum Gasteiger partial charge on any atom is -0.460 e. The summed E-state index contributed by atoms with van der Waals surface area (Å²) in [5, 5.41) is 2.92. The molecule has 0 amide bonds. The number of nitrogens with zero attached hydrogens (tertiary/aromatic N) is 1. The van der Waals surface area contributed by atoms with Crippen molar-refractivity contribution in [1.29, 1.82) is 0 Å². The third-order valence-electron chi connectivity index (χ3n) is 2.82. The van der Waals surface area contributed by atoms with Gasteiger partial charge in [0.15, 0.2) is 5.78 Å². The summed E-state index contributed by atoms with van der Waals surface area (Å²) in [6.07, 6.45) is -0.253. The van der Waals surface area contributed by atoms with Crippen LogP contribution in [0.5, 0.6) is 0 Å². The first-order valence-corrected chi connectivity index (χ1v) is 7.90. The summed E-state index contributed by atoms with van der Waals surface area (Å²) in [6, 6.07) is 7.17. The minimum absolute atomic E-state index is 0.247. The fourth-order valence-corrected chi connectivity index (χ4v) is 2.58. The molecule has 22 heavy (non-hydrogen) atoms. The number of hydrogen-bond acceptors (Lipinski definition) is 5. The number of aryl methyl sites for hydroxylation is 1. The van der Waals surface area contributed by atoms with Gasteiger partial charge in [-0.2, -0.15) is 0 Å². The van der Waals surface area contributed by atoms with E-state index in [0.717, 1.165) is 16.3 Å². The molecule has 2 rings (SSSR count). The highest BCUT2D eigenvalue weighted by atomic mass is 32.1. The first-order chi connectivity index (χ1) is 10.2. The van der Waals surface area contributed by atoms with Gasteiger partial charge in [-0.3, -0.25) is 9.59 Å². The van der Waals surface area contributed by atoms with Crippen LogP contribution in [0.1, 0.15) is 42.6 Å². The predicted molar refractivity (Wildman–Crippen MR) is 87.1 cm³/mol. The van der Waals surface area contributed by atoms with Gasteiger partial charge in [-0.15, -0.1) is 11.3 Å². The largest absolute Gasteiger partial charge is 0.460 e. The number of ketones is 1. The van der Waals surface area contributed by atoms with Gasteiger partial charge in [0.2, 0.25) is 0 Å². The van der Waals surface area contributed by atoms with Gasteiger partial charge < -0.3 is 4.74 Å². The monoisotopic (exact) mass is 317 g/mol. The number of rotatable bonds is 4. The highest BCUT2D eigenvalue weighted by molar-refractivity contribution is 7.09. The molecule has 4 nitrogen and oxygen atoms in total. The molecule has 0 aliphatic carbocycles. The van der Waals surface area contributed by atoms with Crippen LogP contribution in [0.2, 0.25) is 0 Å². The molecule has 0 bridgehead atoms. The number of Topliss-reactive ketones (excluding diaryl/α,β-unsaturated/α-hetero) is 1. The standard InChI is InChI=1S/C17H19NO3S/c1-11-18-14(10-22-11)12-6-5-7-13(8-12)15(19)9-16(20)21-17(2,3)4/h5-8,10H,9H2,1-4H3. The van der Waals surface area contributed by atoms with E-state index in [4.69, 9.17) is 4.74 Å². The van der Waals surface area contributed by atoms with E-state index >= 15 is 0 Å². The van der Waals surface area contributed by atoms with Crippen molar-refractivity contribution >= 4 is 23.1 Å². The maximum atomic E-state index is 12.2. The molecule has 1 aromatic carbocycles. The number of hydrogen-bond donors (Lipinski definition) is 0. The fraction of sp³-hybridized carbons (Fsp3) is 0.353. The van der Waals surface area contributed by atoms with Crippen LogP contribution in [0, 0.1) is 6.92 Å². The van der Waals surface area contributed by atoms with Crippen LogP contribution < -0.4 is 0 Å². The van der Waals surface area contributed by atoms with Crippen molar-refractivity contribution in [3.05, 3.63) is 40.2 Å². The van der Waals surface area contributed by atoms with E-state index in [0.29, 0.717) is 5.56 Å². The summed E-state index contributed by atoms with van der Waals surface area (Å²) >= 11 is 1.56. The quantitative estimate of drug-likeness (QED) is 0.485. The second kappa shape index (κ2) is 6.40. The molecule has 0 unspecified atom stereocenters. The number of carbonyl (C=O) groups is 2. The Bertz CT molecular complexity index is 698. The Morgan fingerprint density at radius 1 is 1.27 bits per heavy atom. The topological polar surface area (TPSA) is 56.3 Å². The van der Waals surface area contributed by atoms with Gasteiger partial charge >= 0.3 is 5.97 Å². The summed E-state index contributed by atoms with van der Waals surface area (Å²) < 4.78 is 5.18. The third kappa shape index (κ3) is 4.49. The Hall–Kier alpha value is -2.01. The summed E-state index contributed by atoms with van der Waals surface area (Å²) in [5.41, 5.74) is 1.62. The van der Waals surface area contributed by atoms with Gasteiger partial charge in [0.1, 0.15) is 12.0 Å². The van der Waals surface area contributed by atoms with Crippen molar-refractivity contribution in [2.45, 2.75) is 39.7 Å². The molecule has 2 aromatic rings. The van der Waals surface area contributed by atoms with Gasteiger partial charge in [0, 0.05) is 16.5 Å². The first-order valence-electron chi connectivity index (χ1n) is 7.02. The highest BCUT2D eigenvalue weighted by Gasteiger charge is 2.20. The smallest absolute Gasteiger partial charge is 0.314 e. The van der Waals surface area contributed by atoms with Crippen molar-refractivity contribution in [1.82, 2.24) is 4.98 Å². The van der Waals surface area contributed by atoms with E-state index in [9.17, 15) is 9.59 Å². The maximum Gasteiger partial charge on any atom is 0.314 e. The highest BCUT2D eigenvalue weighted by Crippen LogP contribution is 2.23. The van der Waals surface area contributed by atoms with Crippen LogP contribution in [-0.4, -0.2) is 22.3 Å². The summed E-state index contributed by atoms with van der Waals surface area (Å²) in [4.78, 5) is 28.4. The molecule has 0 radical (unpaired) electrons. The Morgan fingerprint density at radius 2 is 2.00 bits per heavy atom. The van der Waals surface area contributed by atoms with Crippen molar-refractivity contribution in [3.8, 4) is 11.3 Å². The molecule has 0 fully saturated rings. The summed E-state index contributed by atoms with van der Waals surface area (Å²) in [7, 11) is 0. The van der Waals surface area contributed by atoms with Gasteiger partial charge in [-0.05, 0) is 33.8 Å². The van der Waals surface area contributed by atoms with Crippen LogP contribution >= 0.6 is 11.3 Å². The first kappa shape index (κ1) is 16.4. The number of esters is 1. The zero-order valence-corrected chi connectivity index (χ0v) is 14.0. The molecule has 116 valence electrons. The lowest BCUT2D eigenvalue weighted by Crippen LogP contribution is -2.25. The van der Waals surface area contributed by atoms with E-state index in [2.05, 4.69) is 4.98 Å². The SMILES string of the molecule is Cc1nc(-c2cccc(C(=O)CC(=O)OC(C)(C)C)c2)cs1. The number of carbonyl (C=O) groups excluding carboxylic acids is 2. The maximum absolute atomic E-state index is 12.2. The molecular weight excluding hydrogens is 298 g/mol. The molecule has 0 atom stereocenters. The average molecular weight is 317 g/mol. The Labute approximate surface area is 134 Å². The molecule has 0 saturated heterocycles. The van der Waals surface area contributed by atoms with Crippen molar-refractivity contribution in [3.63, 3.8) is 0 Å². The van der Waals surface area contributed by atoms with Gasteiger partial charge in [0.25, 0.3) is 0 Å². The van der Waals surface area contributed by atoms with Gasteiger partial charge in [-0.1, -0.05) is 18.2 Å². The van der Waals surface area contributed by atoms with Gasteiger partial charge in [-0.25, -0.2) is 4.98 Å². The molecule has 0 saturated carbocycles. The summed E-state index contributed by atoms with van der Waals surface area (Å²) in [5.74, 6) is -0.754. The van der Waals surface area contributed by atoms with Crippen LogP contribution in [-0.2, 0) is 9.53 Å². The molecule has 0 spiro atoms. The zero-order valence-electron chi connectivity index (χ0n) is 13.2. The van der Waals surface area contributed by atoms with Crippen LogP contribution in [0.3, 0.4) is 0 Å². The van der Waals surface area contributed by atoms with E-state index in [1.165, 1.54) is 0 Å². The number of aromatic nitrogens is 1.